The molecule has 1 saturated heterocycles. The Morgan fingerprint density at radius 2 is 1.09 bits per heavy atom. The molecule has 0 spiro atoms. The van der Waals surface area contributed by atoms with Gasteiger partial charge in [0, 0.05) is 0 Å². The van der Waals surface area contributed by atoms with Crippen LogP contribution in [0.5, 0.6) is 0 Å². The first-order chi connectivity index (χ1) is 3.00. The van der Waals surface area contributed by atoms with Gasteiger partial charge in [-0.15, -0.1) is 0 Å². The van der Waals surface area contributed by atoms with Crippen LogP contribution in [0.3, 0.4) is 0 Å². The maximum Gasteiger partial charge on any atom is 2.00 e. The predicted molar refractivity (Wildman–Crippen MR) is 36.8 cm³/mol. The second-order valence-electron chi connectivity index (χ2n) is 1.81. The molecule has 11 heavy (non-hydrogen) atoms. The van der Waals surface area contributed by atoms with Gasteiger partial charge in [-0.2, -0.15) is 0 Å². The first kappa shape index (κ1) is 29.5. The summed E-state index contributed by atoms with van der Waals surface area (Å²) in [5.41, 5.74) is 0. The SMILES string of the molecule is C1CCNCC1.N.N.[Cl-].[Cl-].[Pt+2]. The standard InChI is InChI=1S/C5H11N.2ClH.2H3N.Pt/c1-2-4-6-5-3-1;;;;;/h6H,1-5H2;2*1H;2*1H3;/q;;;;;+2/p-2. The summed E-state index contributed by atoms with van der Waals surface area (Å²) < 4.78 is 0. The van der Waals surface area contributed by atoms with Gasteiger partial charge in [-0.05, 0) is 25.9 Å². The van der Waals surface area contributed by atoms with E-state index in [1.807, 2.05) is 0 Å². The van der Waals surface area contributed by atoms with Crippen molar-refractivity contribution in [2.75, 3.05) is 13.1 Å². The van der Waals surface area contributed by atoms with Crippen molar-refractivity contribution in [2.45, 2.75) is 19.3 Å². The number of piperidine rings is 1. The van der Waals surface area contributed by atoms with E-state index in [4.69, 9.17) is 0 Å². The van der Waals surface area contributed by atoms with Crippen LogP contribution in [0.2, 0.25) is 0 Å². The number of nitrogens with one attached hydrogen (secondary N) is 1. The zero-order valence-corrected chi connectivity index (χ0v) is 10.3. The monoisotopic (exact) mass is 384 g/mol. The fraction of sp³-hybridized carbons (Fsp3) is 1.00. The average molecular weight is 385 g/mol. The Balaban J connectivity index is -0.0000000240. The molecule has 0 aromatic carbocycles. The van der Waals surface area contributed by atoms with Crippen LogP contribution < -0.4 is 42.4 Å². The molecular formula is C5H17Cl2N3Pt. The van der Waals surface area contributed by atoms with E-state index in [9.17, 15) is 0 Å². The largest absolute Gasteiger partial charge is 2.00 e. The van der Waals surface area contributed by atoms with E-state index in [1.165, 1.54) is 32.4 Å². The van der Waals surface area contributed by atoms with E-state index in [0.717, 1.165) is 0 Å². The summed E-state index contributed by atoms with van der Waals surface area (Å²) in [6, 6.07) is 0. The second kappa shape index (κ2) is 22.5. The van der Waals surface area contributed by atoms with Crippen molar-refractivity contribution in [3.05, 3.63) is 0 Å². The van der Waals surface area contributed by atoms with Crippen molar-refractivity contribution in [3.63, 3.8) is 0 Å². The van der Waals surface area contributed by atoms with Crippen molar-refractivity contribution < 1.29 is 45.9 Å². The molecule has 0 unspecified atom stereocenters. The van der Waals surface area contributed by atoms with Gasteiger partial charge in [0.1, 0.15) is 0 Å². The van der Waals surface area contributed by atoms with Crippen molar-refractivity contribution >= 4 is 0 Å². The van der Waals surface area contributed by atoms with Crippen LogP contribution in [0.4, 0.5) is 0 Å². The Hall–Kier alpha value is 1.15. The summed E-state index contributed by atoms with van der Waals surface area (Å²) in [6.45, 7) is 2.50. The third-order valence-electron chi connectivity index (χ3n) is 1.21. The van der Waals surface area contributed by atoms with E-state index in [1.54, 1.807) is 0 Å². The molecule has 0 radical (unpaired) electrons. The van der Waals surface area contributed by atoms with Crippen LogP contribution >= 0.6 is 0 Å². The van der Waals surface area contributed by atoms with Crippen LogP contribution in [0.1, 0.15) is 19.3 Å². The van der Waals surface area contributed by atoms with Gasteiger partial charge >= 0.3 is 21.1 Å². The van der Waals surface area contributed by atoms with Gasteiger partial charge in [-0.25, -0.2) is 0 Å². The molecule has 1 aliphatic heterocycles. The molecular weight excluding hydrogens is 368 g/mol. The topological polar surface area (TPSA) is 82.0 Å². The summed E-state index contributed by atoms with van der Waals surface area (Å²) >= 11 is 0. The number of hydrogen-bond donors (Lipinski definition) is 3. The zero-order chi connectivity index (χ0) is 4.24. The van der Waals surface area contributed by atoms with Gasteiger partial charge in [-0.1, -0.05) is 6.42 Å². The van der Waals surface area contributed by atoms with E-state index in [-0.39, 0.29) is 58.2 Å². The summed E-state index contributed by atoms with van der Waals surface area (Å²) in [6.07, 6.45) is 4.22. The van der Waals surface area contributed by atoms with E-state index < -0.39 is 0 Å². The van der Waals surface area contributed by atoms with Gasteiger partial charge in [0.2, 0.25) is 0 Å². The minimum Gasteiger partial charge on any atom is -1.00 e. The molecule has 7 N–H and O–H groups in total. The molecule has 3 nitrogen and oxygen atoms in total. The minimum atomic E-state index is 0. The van der Waals surface area contributed by atoms with Crippen molar-refractivity contribution in [1.29, 1.82) is 0 Å². The zero-order valence-electron chi connectivity index (χ0n) is 6.52. The molecule has 1 fully saturated rings. The average Bonchev–Trinajstić information content (AvgIpc) is 1.72. The molecule has 0 bridgehead atoms. The molecule has 0 aromatic rings. The van der Waals surface area contributed by atoms with Crippen LogP contribution in [-0.4, -0.2) is 13.1 Å². The molecule has 1 aliphatic rings. The van der Waals surface area contributed by atoms with E-state index in [2.05, 4.69) is 5.32 Å². The molecule has 6 heteroatoms. The first-order valence-electron chi connectivity index (χ1n) is 2.71. The summed E-state index contributed by atoms with van der Waals surface area (Å²) in [5.74, 6) is 0. The molecule has 0 saturated carbocycles. The van der Waals surface area contributed by atoms with Crippen LogP contribution in [0.25, 0.3) is 0 Å². The van der Waals surface area contributed by atoms with Crippen molar-refractivity contribution in [2.24, 2.45) is 0 Å². The van der Waals surface area contributed by atoms with Gasteiger partial charge in [-0.3, -0.25) is 0 Å². The van der Waals surface area contributed by atoms with Crippen LogP contribution in [0.15, 0.2) is 0 Å². The van der Waals surface area contributed by atoms with Gasteiger partial charge in [0.05, 0.1) is 0 Å². The predicted octanol–water partition coefficient (Wildman–Crippen LogP) is -4.91. The maximum absolute atomic E-state index is 3.28. The summed E-state index contributed by atoms with van der Waals surface area (Å²) in [4.78, 5) is 0. The van der Waals surface area contributed by atoms with Crippen LogP contribution in [-0.2, 0) is 21.1 Å². The Morgan fingerprint density at radius 3 is 1.18 bits per heavy atom. The Morgan fingerprint density at radius 1 is 0.727 bits per heavy atom. The summed E-state index contributed by atoms with van der Waals surface area (Å²) in [7, 11) is 0. The minimum absolute atomic E-state index is 0. The smallest absolute Gasteiger partial charge is 1.00 e. The van der Waals surface area contributed by atoms with Gasteiger partial charge in [0.25, 0.3) is 0 Å². The Labute approximate surface area is 95.7 Å². The van der Waals surface area contributed by atoms with Gasteiger partial charge in [0.15, 0.2) is 0 Å². The third-order valence-corrected chi connectivity index (χ3v) is 1.21. The number of hydrogen-bond acceptors (Lipinski definition) is 3. The molecule has 0 amide bonds. The number of rotatable bonds is 0. The van der Waals surface area contributed by atoms with Gasteiger partial charge < -0.3 is 42.4 Å². The fourth-order valence-electron chi connectivity index (χ4n) is 0.802. The normalized spacial score (nSPS) is 13.1. The van der Waals surface area contributed by atoms with Crippen molar-refractivity contribution in [1.82, 2.24) is 17.6 Å². The Bertz CT molecular complexity index is 35.2. The molecule has 0 aromatic heterocycles. The molecule has 1 rings (SSSR count). The number of halogens is 2. The van der Waals surface area contributed by atoms with Crippen LogP contribution in [0, 0.1) is 0 Å². The molecule has 76 valence electrons. The molecule has 1 heterocycles. The van der Waals surface area contributed by atoms with E-state index >= 15 is 0 Å². The Kier molecular flexibility index (Phi) is 60.4. The third kappa shape index (κ3) is 18.3. The molecule has 0 atom stereocenters. The maximum atomic E-state index is 3.28. The first-order valence-corrected chi connectivity index (χ1v) is 2.71. The summed E-state index contributed by atoms with van der Waals surface area (Å²) in [5, 5.41) is 3.28. The fourth-order valence-corrected chi connectivity index (χ4v) is 0.802. The van der Waals surface area contributed by atoms with Crippen molar-refractivity contribution in [3.8, 4) is 0 Å². The van der Waals surface area contributed by atoms with E-state index in [0.29, 0.717) is 0 Å². The quantitative estimate of drug-likeness (QED) is 0.391. The second-order valence-corrected chi connectivity index (χ2v) is 1.81. The molecule has 0 aliphatic carbocycles.